The van der Waals surface area contributed by atoms with Crippen LogP contribution in [0.3, 0.4) is 0 Å². The van der Waals surface area contributed by atoms with Gasteiger partial charge in [0.1, 0.15) is 11.5 Å². The van der Waals surface area contributed by atoms with Crippen molar-refractivity contribution in [3.8, 4) is 22.6 Å². The predicted octanol–water partition coefficient (Wildman–Crippen LogP) is 3.99. The van der Waals surface area contributed by atoms with E-state index in [9.17, 15) is 0 Å². The molecule has 18 heavy (non-hydrogen) atoms. The standard InChI is InChI=1S/C16H18O2/c1-11-8-9-12(2)13(10-11)16-14(17-3)6-5-7-15(16)18-4/h5-10H,1-4H3. The second kappa shape index (κ2) is 5.13. The molecule has 0 atom stereocenters. The van der Waals surface area contributed by atoms with Crippen LogP contribution in [-0.4, -0.2) is 14.2 Å². The number of hydrogen-bond donors (Lipinski definition) is 0. The van der Waals surface area contributed by atoms with Gasteiger partial charge in [-0.15, -0.1) is 0 Å². The Balaban J connectivity index is 2.72. The van der Waals surface area contributed by atoms with Crippen LogP contribution >= 0.6 is 0 Å². The first-order valence-corrected chi connectivity index (χ1v) is 5.96. The van der Waals surface area contributed by atoms with Gasteiger partial charge in [0, 0.05) is 0 Å². The maximum absolute atomic E-state index is 5.46. The summed E-state index contributed by atoms with van der Waals surface area (Å²) < 4.78 is 10.9. The summed E-state index contributed by atoms with van der Waals surface area (Å²) in [4.78, 5) is 0. The monoisotopic (exact) mass is 242 g/mol. The normalized spacial score (nSPS) is 10.2. The van der Waals surface area contributed by atoms with Crippen molar-refractivity contribution in [2.75, 3.05) is 14.2 Å². The Bertz CT molecular complexity index is 537. The molecule has 94 valence electrons. The van der Waals surface area contributed by atoms with Crippen LogP contribution in [0.5, 0.6) is 11.5 Å². The highest BCUT2D eigenvalue weighted by atomic mass is 16.5. The van der Waals surface area contributed by atoms with E-state index >= 15 is 0 Å². The Morgan fingerprint density at radius 2 is 1.44 bits per heavy atom. The van der Waals surface area contributed by atoms with Gasteiger partial charge < -0.3 is 9.47 Å². The number of aryl methyl sites for hydroxylation is 2. The van der Waals surface area contributed by atoms with Gasteiger partial charge in [0.25, 0.3) is 0 Å². The zero-order valence-electron chi connectivity index (χ0n) is 11.3. The van der Waals surface area contributed by atoms with E-state index in [4.69, 9.17) is 9.47 Å². The molecule has 0 radical (unpaired) electrons. The topological polar surface area (TPSA) is 18.5 Å². The molecule has 0 fully saturated rings. The van der Waals surface area contributed by atoms with Crippen molar-refractivity contribution in [2.45, 2.75) is 13.8 Å². The Hall–Kier alpha value is -1.96. The first-order chi connectivity index (χ1) is 8.67. The van der Waals surface area contributed by atoms with Gasteiger partial charge >= 0.3 is 0 Å². The second-order valence-corrected chi connectivity index (χ2v) is 4.36. The maximum Gasteiger partial charge on any atom is 0.130 e. The molecule has 2 aromatic rings. The molecule has 0 amide bonds. The zero-order chi connectivity index (χ0) is 13.1. The van der Waals surface area contributed by atoms with E-state index in [-0.39, 0.29) is 0 Å². The molecule has 0 aliphatic heterocycles. The van der Waals surface area contributed by atoms with Crippen molar-refractivity contribution in [3.63, 3.8) is 0 Å². The van der Waals surface area contributed by atoms with E-state index in [0.29, 0.717) is 0 Å². The summed E-state index contributed by atoms with van der Waals surface area (Å²) in [5, 5.41) is 0. The average Bonchev–Trinajstić information content (AvgIpc) is 2.40. The van der Waals surface area contributed by atoms with Gasteiger partial charge in [0.05, 0.1) is 19.8 Å². The lowest BCUT2D eigenvalue weighted by molar-refractivity contribution is 0.397. The number of hydrogen-bond acceptors (Lipinski definition) is 2. The molecule has 0 bridgehead atoms. The highest BCUT2D eigenvalue weighted by Crippen LogP contribution is 2.39. The minimum absolute atomic E-state index is 0.836. The van der Waals surface area contributed by atoms with E-state index in [1.165, 1.54) is 11.1 Å². The number of methoxy groups -OCH3 is 2. The Labute approximate surface area is 108 Å². The van der Waals surface area contributed by atoms with Crippen molar-refractivity contribution in [1.82, 2.24) is 0 Å². The van der Waals surface area contributed by atoms with E-state index < -0.39 is 0 Å². The molecule has 2 aromatic carbocycles. The third-order valence-corrected chi connectivity index (χ3v) is 3.09. The van der Waals surface area contributed by atoms with Crippen LogP contribution in [0.4, 0.5) is 0 Å². The second-order valence-electron chi connectivity index (χ2n) is 4.36. The zero-order valence-corrected chi connectivity index (χ0v) is 11.3. The van der Waals surface area contributed by atoms with Crippen LogP contribution in [0.2, 0.25) is 0 Å². The van der Waals surface area contributed by atoms with Gasteiger partial charge in [-0.25, -0.2) is 0 Å². The first-order valence-electron chi connectivity index (χ1n) is 5.96. The van der Waals surface area contributed by atoms with E-state index in [2.05, 4.69) is 32.0 Å². The molecular weight excluding hydrogens is 224 g/mol. The SMILES string of the molecule is COc1cccc(OC)c1-c1cc(C)ccc1C. The van der Waals surface area contributed by atoms with Crippen LogP contribution in [0, 0.1) is 13.8 Å². The molecule has 0 heterocycles. The number of rotatable bonds is 3. The molecule has 2 nitrogen and oxygen atoms in total. The predicted molar refractivity (Wildman–Crippen MR) is 74.5 cm³/mol. The first kappa shape index (κ1) is 12.5. The molecule has 0 aliphatic rings. The smallest absolute Gasteiger partial charge is 0.130 e. The summed E-state index contributed by atoms with van der Waals surface area (Å²) in [5.74, 6) is 1.67. The lowest BCUT2D eigenvalue weighted by Gasteiger charge is -2.15. The lowest BCUT2D eigenvalue weighted by Crippen LogP contribution is -1.94. The lowest BCUT2D eigenvalue weighted by atomic mass is 9.97. The summed E-state index contributed by atoms with van der Waals surface area (Å²) in [6.45, 7) is 4.19. The third kappa shape index (κ3) is 2.19. The van der Waals surface area contributed by atoms with E-state index in [1.807, 2.05) is 18.2 Å². The fourth-order valence-corrected chi connectivity index (χ4v) is 2.12. The molecule has 2 heteroatoms. The van der Waals surface area contributed by atoms with Crippen molar-refractivity contribution in [3.05, 3.63) is 47.5 Å². The van der Waals surface area contributed by atoms with Gasteiger partial charge in [-0.05, 0) is 37.1 Å². The summed E-state index contributed by atoms with van der Waals surface area (Å²) in [5.41, 5.74) is 4.61. The fourth-order valence-electron chi connectivity index (χ4n) is 2.12. The number of benzene rings is 2. The van der Waals surface area contributed by atoms with Gasteiger partial charge in [0.15, 0.2) is 0 Å². The van der Waals surface area contributed by atoms with Crippen molar-refractivity contribution in [2.24, 2.45) is 0 Å². The average molecular weight is 242 g/mol. The quantitative estimate of drug-likeness (QED) is 0.810. The number of ether oxygens (including phenoxy) is 2. The molecule has 0 unspecified atom stereocenters. The maximum atomic E-state index is 5.46. The molecule has 0 saturated heterocycles. The van der Waals surface area contributed by atoms with Gasteiger partial charge in [-0.2, -0.15) is 0 Å². The molecule has 2 rings (SSSR count). The third-order valence-electron chi connectivity index (χ3n) is 3.09. The molecule has 0 saturated carbocycles. The van der Waals surface area contributed by atoms with E-state index in [0.717, 1.165) is 22.6 Å². The van der Waals surface area contributed by atoms with Gasteiger partial charge in [0.2, 0.25) is 0 Å². The molecular formula is C16H18O2. The summed E-state index contributed by atoms with van der Waals surface area (Å²) >= 11 is 0. The Kier molecular flexibility index (Phi) is 3.56. The largest absolute Gasteiger partial charge is 0.496 e. The molecule has 0 N–H and O–H groups in total. The summed E-state index contributed by atoms with van der Waals surface area (Å²) in [6.07, 6.45) is 0. The summed E-state index contributed by atoms with van der Waals surface area (Å²) in [6, 6.07) is 12.2. The van der Waals surface area contributed by atoms with Crippen LogP contribution in [-0.2, 0) is 0 Å². The fraction of sp³-hybridized carbons (Fsp3) is 0.250. The molecule has 0 aromatic heterocycles. The minimum Gasteiger partial charge on any atom is -0.496 e. The Morgan fingerprint density at radius 3 is 2.00 bits per heavy atom. The van der Waals surface area contributed by atoms with Crippen molar-refractivity contribution < 1.29 is 9.47 Å². The van der Waals surface area contributed by atoms with Crippen LogP contribution in [0.15, 0.2) is 36.4 Å². The molecule has 0 aliphatic carbocycles. The van der Waals surface area contributed by atoms with Crippen LogP contribution in [0.1, 0.15) is 11.1 Å². The van der Waals surface area contributed by atoms with Gasteiger partial charge in [-0.1, -0.05) is 29.8 Å². The van der Waals surface area contributed by atoms with Crippen molar-refractivity contribution in [1.29, 1.82) is 0 Å². The van der Waals surface area contributed by atoms with Gasteiger partial charge in [-0.3, -0.25) is 0 Å². The van der Waals surface area contributed by atoms with Crippen LogP contribution in [0.25, 0.3) is 11.1 Å². The minimum atomic E-state index is 0.836. The highest BCUT2D eigenvalue weighted by molar-refractivity contribution is 5.79. The van der Waals surface area contributed by atoms with Crippen molar-refractivity contribution >= 4 is 0 Å². The van der Waals surface area contributed by atoms with Crippen LogP contribution < -0.4 is 9.47 Å². The van der Waals surface area contributed by atoms with E-state index in [1.54, 1.807) is 14.2 Å². The summed E-state index contributed by atoms with van der Waals surface area (Å²) in [7, 11) is 3.37. The molecule has 0 spiro atoms. The highest BCUT2D eigenvalue weighted by Gasteiger charge is 2.14. The Morgan fingerprint density at radius 1 is 0.833 bits per heavy atom.